The summed E-state index contributed by atoms with van der Waals surface area (Å²) >= 11 is 5.15. The summed E-state index contributed by atoms with van der Waals surface area (Å²) in [6, 6.07) is 12.7. The van der Waals surface area contributed by atoms with Gasteiger partial charge in [0.1, 0.15) is 0 Å². The van der Waals surface area contributed by atoms with Crippen molar-refractivity contribution in [1.29, 1.82) is 0 Å². The van der Waals surface area contributed by atoms with Crippen molar-refractivity contribution in [2.75, 3.05) is 32.7 Å². The Labute approximate surface area is 173 Å². The molecule has 0 heterocycles. The third kappa shape index (κ3) is 6.66. The fourth-order valence-electron chi connectivity index (χ4n) is 2.32. The van der Waals surface area contributed by atoms with Gasteiger partial charge in [-0.15, -0.1) is 0 Å². The van der Waals surface area contributed by atoms with Gasteiger partial charge in [-0.2, -0.15) is 0 Å². The van der Waals surface area contributed by atoms with Crippen LogP contribution in [-0.2, 0) is 9.47 Å². The maximum atomic E-state index is 12.3. The van der Waals surface area contributed by atoms with Gasteiger partial charge in [0.15, 0.2) is 5.11 Å². The Balaban J connectivity index is 1.92. The lowest BCUT2D eigenvalue weighted by atomic mass is 10.1. The van der Waals surface area contributed by atoms with E-state index in [1.165, 1.54) is 13.2 Å². The van der Waals surface area contributed by atoms with Crippen molar-refractivity contribution >= 4 is 40.8 Å². The lowest BCUT2D eigenvalue weighted by Gasteiger charge is -2.11. The van der Waals surface area contributed by atoms with Gasteiger partial charge in [0, 0.05) is 30.5 Å². The molecule has 29 heavy (non-hydrogen) atoms. The largest absolute Gasteiger partial charge is 0.465 e. The van der Waals surface area contributed by atoms with Crippen LogP contribution in [0.3, 0.4) is 0 Å². The van der Waals surface area contributed by atoms with Gasteiger partial charge in [0.05, 0.1) is 19.3 Å². The summed E-state index contributed by atoms with van der Waals surface area (Å²) in [5.41, 5.74) is 1.62. The summed E-state index contributed by atoms with van der Waals surface area (Å²) in [5.74, 6) is -1.22. The SMILES string of the molecule is COCCNC(=O)c1ccc(NC(=S)NC(=O)c2cccc(C(=O)OC)c2)cc1. The molecule has 8 nitrogen and oxygen atoms in total. The Kier molecular flexibility index (Phi) is 8.26. The summed E-state index contributed by atoms with van der Waals surface area (Å²) in [7, 11) is 2.83. The summed E-state index contributed by atoms with van der Waals surface area (Å²) in [4.78, 5) is 35.8. The molecule has 2 aromatic carbocycles. The number of benzene rings is 2. The highest BCUT2D eigenvalue weighted by molar-refractivity contribution is 7.80. The van der Waals surface area contributed by atoms with E-state index in [1.807, 2.05) is 0 Å². The van der Waals surface area contributed by atoms with Crippen LogP contribution in [0.25, 0.3) is 0 Å². The molecule has 2 aromatic rings. The predicted octanol–water partition coefficient (Wildman–Crippen LogP) is 1.98. The Morgan fingerprint density at radius 2 is 1.62 bits per heavy atom. The molecule has 0 spiro atoms. The average Bonchev–Trinajstić information content (AvgIpc) is 2.73. The molecule has 0 aliphatic rings. The minimum Gasteiger partial charge on any atom is -0.465 e. The molecule has 0 fully saturated rings. The van der Waals surface area contributed by atoms with E-state index >= 15 is 0 Å². The summed E-state index contributed by atoms with van der Waals surface area (Å²) < 4.78 is 9.52. The zero-order chi connectivity index (χ0) is 21.2. The molecule has 2 rings (SSSR count). The highest BCUT2D eigenvalue weighted by atomic mass is 32.1. The molecule has 0 aliphatic heterocycles. The standard InChI is InChI=1S/C20H21N3O5S/c1-27-11-10-21-17(24)13-6-8-16(9-7-13)22-20(29)23-18(25)14-4-3-5-15(12-14)19(26)28-2/h3-9,12H,10-11H2,1-2H3,(H,21,24)(H2,22,23,25,29). The monoisotopic (exact) mass is 415 g/mol. The second-order valence-electron chi connectivity index (χ2n) is 5.81. The van der Waals surface area contributed by atoms with Crippen molar-refractivity contribution in [1.82, 2.24) is 10.6 Å². The van der Waals surface area contributed by atoms with Crippen molar-refractivity contribution in [2.24, 2.45) is 0 Å². The van der Waals surface area contributed by atoms with Crippen LogP contribution in [-0.4, -0.2) is 50.3 Å². The second kappa shape index (κ2) is 10.9. The first-order valence-corrected chi connectivity index (χ1v) is 9.03. The number of anilines is 1. The Hall–Kier alpha value is -3.30. The topological polar surface area (TPSA) is 106 Å². The van der Waals surface area contributed by atoms with Crippen molar-refractivity contribution in [3.8, 4) is 0 Å². The van der Waals surface area contributed by atoms with Gasteiger partial charge in [0.25, 0.3) is 11.8 Å². The summed E-state index contributed by atoms with van der Waals surface area (Å²) in [6.45, 7) is 0.852. The maximum Gasteiger partial charge on any atom is 0.337 e. The number of methoxy groups -OCH3 is 2. The molecule has 0 radical (unpaired) electrons. The fourth-order valence-corrected chi connectivity index (χ4v) is 2.53. The third-order valence-electron chi connectivity index (χ3n) is 3.77. The number of carbonyl (C=O) groups is 3. The van der Waals surface area contributed by atoms with Crippen molar-refractivity contribution in [3.05, 3.63) is 65.2 Å². The van der Waals surface area contributed by atoms with Gasteiger partial charge in [-0.3, -0.25) is 14.9 Å². The van der Waals surface area contributed by atoms with Gasteiger partial charge >= 0.3 is 5.97 Å². The molecule has 0 aliphatic carbocycles. The highest BCUT2D eigenvalue weighted by Gasteiger charge is 2.12. The van der Waals surface area contributed by atoms with Crippen LogP contribution in [0.5, 0.6) is 0 Å². The van der Waals surface area contributed by atoms with E-state index in [-0.39, 0.29) is 22.1 Å². The van der Waals surface area contributed by atoms with Crippen molar-refractivity contribution < 1.29 is 23.9 Å². The molecule has 2 amide bonds. The number of ether oxygens (including phenoxy) is 2. The number of amides is 2. The van der Waals surface area contributed by atoms with Crippen LogP contribution in [0.2, 0.25) is 0 Å². The minimum absolute atomic E-state index is 0.0794. The highest BCUT2D eigenvalue weighted by Crippen LogP contribution is 2.10. The van der Waals surface area contributed by atoms with E-state index in [0.29, 0.717) is 24.4 Å². The molecule has 152 valence electrons. The van der Waals surface area contributed by atoms with Gasteiger partial charge in [0.2, 0.25) is 0 Å². The van der Waals surface area contributed by atoms with Gasteiger partial charge < -0.3 is 20.1 Å². The number of carbonyl (C=O) groups excluding carboxylic acids is 3. The zero-order valence-electron chi connectivity index (χ0n) is 16.0. The molecular weight excluding hydrogens is 394 g/mol. The van der Waals surface area contributed by atoms with E-state index in [4.69, 9.17) is 17.0 Å². The normalized spacial score (nSPS) is 10.0. The summed E-state index contributed by atoms with van der Waals surface area (Å²) in [5, 5.41) is 8.20. The second-order valence-corrected chi connectivity index (χ2v) is 6.21. The smallest absolute Gasteiger partial charge is 0.337 e. The minimum atomic E-state index is -0.535. The van der Waals surface area contributed by atoms with E-state index in [2.05, 4.69) is 20.7 Å². The van der Waals surface area contributed by atoms with E-state index in [9.17, 15) is 14.4 Å². The first kappa shape index (κ1) is 22.0. The van der Waals surface area contributed by atoms with Crippen molar-refractivity contribution in [2.45, 2.75) is 0 Å². The van der Waals surface area contributed by atoms with E-state index in [1.54, 1.807) is 49.6 Å². The Morgan fingerprint density at radius 3 is 2.28 bits per heavy atom. The molecule has 0 saturated heterocycles. The van der Waals surface area contributed by atoms with Crippen LogP contribution in [0, 0.1) is 0 Å². The van der Waals surface area contributed by atoms with Crippen LogP contribution >= 0.6 is 12.2 Å². The lowest BCUT2D eigenvalue weighted by Crippen LogP contribution is -2.34. The van der Waals surface area contributed by atoms with Crippen LogP contribution in [0.1, 0.15) is 31.1 Å². The maximum absolute atomic E-state index is 12.3. The van der Waals surface area contributed by atoms with Gasteiger partial charge in [-0.05, 0) is 54.7 Å². The average molecular weight is 415 g/mol. The van der Waals surface area contributed by atoms with Gasteiger partial charge in [-0.25, -0.2) is 4.79 Å². The molecule has 0 atom stereocenters. The molecule has 0 aromatic heterocycles. The molecule has 0 saturated carbocycles. The molecule has 9 heteroatoms. The Morgan fingerprint density at radius 1 is 0.931 bits per heavy atom. The molecule has 0 bridgehead atoms. The van der Waals surface area contributed by atoms with Crippen LogP contribution in [0.15, 0.2) is 48.5 Å². The number of hydrogen-bond donors (Lipinski definition) is 3. The lowest BCUT2D eigenvalue weighted by molar-refractivity contribution is 0.0600. The fraction of sp³-hybridized carbons (Fsp3) is 0.200. The Bertz CT molecular complexity index is 899. The number of hydrogen-bond acceptors (Lipinski definition) is 6. The van der Waals surface area contributed by atoms with Gasteiger partial charge in [-0.1, -0.05) is 6.07 Å². The summed E-state index contributed by atoms with van der Waals surface area (Å²) in [6.07, 6.45) is 0. The molecular formula is C20H21N3O5S. The quantitative estimate of drug-likeness (QED) is 0.361. The van der Waals surface area contributed by atoms with Crippen LogP contribution in [0.4, 0.5) is 5.69 Å². The number of nitrogens with one attached hydrogen (secondary N) is 3. The number of rotatable bonds is 7. The van der Waals surface area contributed by atoms with E-state index < -0.39 is 11.9 Å². The first-order chi connectivity index (χ1) is 13.9. The number of esters is 1. The zero-order valence-corrected chi connectivity index (χ0v) is 16.8. The van der Waals surface area contributed by atoms with E-state index in [0.717, 1.165) is 0 Å². The molecule has 3 N–H and O–H groups in total. The molecule has 0 unspecified atom stereocenters. The van der Waals surface area contributed by atoms with Crippen molar-refractivity contribution in [3.63, 3.8) is 0 Å². The first-order valence-electron chi connectivity index (χ1n) is 8.62. The number of thiocarbonyl (C=S) groups is 1. The predicted molar refractivity (Wildman–Crippen MR) is 112 cm³/mol. The third-order valence-corrected chi connectivity index (χ3v) is 3.97. The van der Waals surface area contributed by atoms with Crippen LogP contribution < -0.4 is 16.0 Å².